The lowest BCUT2D eigenvalue weighted by Gasteiger charge is -2.37. The van der Waals surface area contributed by atoms with Crippen LogP contribution in [0.25, 0.3) is 0 Å². The third-order valence-corrected chi connectivity index (χ3v) is 4.26. The van der Waals surface area contributed by atoms with Crippen LogP contribution in [0, 0.1) is 5.82 Å². The van der Waals surface area contributed by atoms with Crippen LogP contribution in [0.4, 0.5) is 4.39 Å². The lowest BCUT2D eigenvalue weighted by atomic mass is 9.91. The zero-order valence-corrected chi connectivity index (χ0v) is 12.5. The summed E-state index contributed by atoms with van der Waals surface area (Å²) in [7, 11) is 0. The zero-order valence-electron chi connectivity index (χ0n) is 11.6. The Kier molecular flexibility index (Phi) is 4.10. The van der Waals surface area contributed by atoms with Gasteiger partial charge in [0.2, 0.25) is 0 Å². The Morgan fingerprint density at radius 1 is 1.43 bits per heavy atom. The third kappa shape index (κ3) is 3.17. The minimum absolute atomic E-state index is 0.0642. The minimum Gasteiger partial charge on any atom is -0.487 e. The highest BCUT2D eigenvalue weighted by molar-refractivity contribution is 7.80. The van der Waals surface area contributed by atoms with Crippen molar-refractivity contribution in [2.75, 3.05) is 19.8 Å². The van der Waals surface area contributed by atoms with Crippen molar-refractivity contribution in [3.05, 3.63) is 29.6 Å². The lowest BCUT2D eigenvalue weighted by molar-refractivity contribution is -0.112. The zero-order chi connectivity index (χ0) is 14.9. The molecule has 3 rings (SSSR count). The van der Waals surface area contributed by atoms with Gasteiger partial charge in [0, 0.05) is 31.4 Å². The van der Waals surface area contributed by atoms with Crippen molar-refractivity contribution in [1.29, 1.82) is 0 Å². The predicted octanol–water partition coefficient (Wildman–Crippen LogP) is 2.18. The Bertz CT molecular complexity index is 546. The van der Waals surface area contributed by atoms with Gasteiger partial charge in [-0.3, -0.25) is 0 Å². The molecule has 6 heteroatoms. The first-order valence-corrected chi connectivity index (χ1v) is 7.47. The second-order valence-corrected chi connectivity index (χ2v) is 6.02. The summed E-state index contributed by atoms with van der Waals surface area (Å²) < 4.78 is 31.1. The van der Waals surface area contributed by atoms with Crippen LogP contribution >= 0.6 is 12.2 Å². The molecular weight excluding hydrogens is 293 g/mol. The molecule has 0 aliphatic carbocycles. The molecular formula is C15H18FNO3S. The fourth-order valence-electron chi connectivity index (χ4n) is 2.88. The number of rotatable bonds is 3. The molecule has 1 aromatic rings. The van der Waals surface area contributed by atoms with Crippen molar-refractivity contribution in [3.8, 4) is 5.75 Å². The van der Waals surface area contributed by atoms with Crippen LogP contribution in [0.15, 0.2) is 18.2 Å². The fourth-order valence-corrected chi connectivity index (χ4v) is 3.00. The summed E-state index contributed by atoms with van der Waals surface area (Å²) in [4.78, 5) is 0.175. The topological polar surface area (TPSA) is 53.7 Å². The smallest absolute Gasteiger partial charge is 0.165 e. The second kappa shape index (κ2) is 5.87. The molecule has 2 unspecified atom stereocenters. The van der Waals surface area contributed by atoms with Crippen molar-refractivity contribution in [2.24, 2.45) is 5.73 Å². The molecule has 4 nitrogen and oxygen atoms in total. The number of hydrogen-bond donors (Lipinski definition) is 1. The first-order valence-electron chi connectivity index (χ1n) is 7.06. The van der Waals surface area contributed by atoms with Gasteiger partial charge in [0.1, 0.15) is 11.1 Å². The number of benzene rings is 1. The maximum absolute atomic E-state index is 14.0. The lowest BCUT2D eigenvalue weighted by Crippen LogP contribution is -2.44. The van der Waals surface area contributed by atoms with Crippen LogP contribution in [-0.4, -0.2) is 36.5 Å². The molecule has 2 aliphatic heterocycles. The molecule has 0 bridgehead atoms. The van der Waals surface area contributed by atoms with Crippen LogP contribution in [-0.2, 0) is 9.47 Å². The van der Waals surface area contributed by atoms with Crippen LogP contribution in [0.2, 0.25) is 0 Å². The van der Waals surface area contributed by atoms with Crippen molar-refractivity contribution < 1.29 is 18.6 Å². The maximum Gasteiger partial charge on any atom is 0.165 e. The van der Waals surface area contributed by atoms with Crippen LogP contribution < -0.4 is 10.5 Å². The van der Waals surface area contributed by atoms with Gasteiger partial charge in [0.25, 0.3) is 0 Å². The summed E-state index contributed by atoms with van der Waals surface area (Å²) in [6.45, 7) is 1.92. The van der Waals surface area contributed by atoms with Gasteiger partial charge in [0.05, 0.1) is 18.8 Å². The van der Waals surface area contributed by atoms with Gasteiger partial charge in [0.15, 0.2) is 11.6 Å². The van der Waals surface area contributed by atoms with E-state index in [0.717, 1.165) is 19.3 Å². The average Bonchev–Trinajstić information content (AvgIpc) is 2.89. The summed E-state index contributed by atoms with van der Waals surface area (Å²) in [6, 6.07) is 4.57. The largest absolute Gasteiger partial charge is 0.487 e. The standard InChI is InChI=1S/C15H18FNO3S/c16-12-7-10(14(17)21)1-2-13(12)20-11-3-5-19-15(8-11)4-6-18-9-15/h1-2,7,11H,3-6,8-9H2,(H2,17,21). The molecule has 0 saturated carbocycles. The highest BCUT2D eigenvalue weighted by atomic mass is 32.1. The summed E-state index contributed by atoms with van der Waals surface area (Å²) >= 11 is 4.83. The fraction of sp³-hybridized carbons (Fsp3) is 0.533. The van der Waals surface area contributed by atoms with Gasteiger partial charge < -0.3 is 19.9 Å². The quantitative estimate of drug-likeness (QED) is 0.867. The molecule has 21 heavy (non-hydrogen) atoms. The summed E-state index contributed by atoms with van der Waals surface area (Å²) in [5, 5.41) is 0. The highest BCUT2D eigenvalue weighted by Gasteiger charge is 2.41. The molecule has 1 spiro atoms. The Hall–Kier alpha value is -1.24. The Balaban J connectivity index is 1.70. The van der Waals surface area contributed by atoms with Crippen LogP contribution in [0.5, 0.6) is 5.75 Å². The monoisotopic (exact) mass is 311 g/mol. The molecule has 2 N–H and O–H groups in total. The van der Waals surface area contributed by atoms with E-state index >= 15 is 0 Å². The maximum atomic E-state index is 14.0. The molecule has 2 heterocycles. The SMILES string of the molecule is NC(=S)c1ccc(OC2CCOC3(CCOC3)C2)c(F)c1. The van der Waals surface area contributed by atoms with E-state index in [1.807, 2.05) is 0 Å². The van der Waals surface area contributed by atoms with Crippen LogP contribution in [0.3, 0.4) is 0 Å². The van der Waals surface area contributed by atoms with Crippen molar-refractivity contribution in [2.45, 2.75) is 31.0 Å². The van der Waals surface area contributed by atoms with E-state index in [2.05, 4.69) is 0 Å². The third-order valence-electron chi connectivity index (χ3n) is 4.02. The second-order valence-electron chi connectivity index (χ2n) is 5.58. The van der Waals surface area contributed by atoms with Crippen molar-refractivity contribution in [1.82, 2.24) is 0 Å². The van der Waals surface area contributed by atoms with E-state index in [9.17, 15) is 4.39 Å². The van der Waals surface area contributed by atoms with Gasteiger partial charge in [-0.2, -0.15) is 0 Å². The average molecular weight is 311 g/mol. The summed E-state index contributed by atoms with van der Waals surface area (Å²) in [5.74, 6) is -0.209. The van der Waals surface area contributed by atoms with Crippen molar-refractivity contribution >= 4 is 17.2 Å². The van der Waals surface area contributed by atoms with E-state index in [4.69, 9.17) is 32.2 Å². The van der Waals surface area contributed by atoms with E-state index in [0.29, 0.717) is 25.4 Å². The first-order chi connectivity index (χ1) is 10.1. The Labute approximate surface area is 128 Å². The molecule has 2 saturated heterocycles. The Morgan fingerprint density at radius 3 is 2.95 bits per heavy atom. The van der Waals surface area contributed by atoms with E-state index in [1.54, 1.807) is 12.1 Å². The number of ether oxygens (including phenoxy) is 3. The number of thiocarbonyl (C=S) groups is 1. The summed E-state index contributed by atoms with van der Waals surface area (Å²) in [6.07, 6.45) is 2.28. The summed E-state index contributed by atoms with van der Waals surface area (Å²) in [5.41, 5.74) is 5.74. The number of halogens is 1. The van der Waals surface area contributed by atoms with Gasteiger partial charge in [-0.25, -0.2) is 4.39 Å². The predicted molar refractivity (Wildman–Crippen MR) is 80.1 cm³/mol. The number of nitrogens with two attached hydrogens (primary N) is 1. The van der Waals surface area contributed by atoms with Gasteiger partial charge >= 0.3 is 0 Å². The minimum atomic E-state index is -0.441. The number of hydrogen-bond acceptors (Lipinski definition) is 4. The first kappa shape index (κ1) is 14.7. The van der Waals surface area contributed by atoms with Crippen molar-refractivity contribution in [3.63, 3.8) is 0 Å². The van der Waals surface area contributed by atoms with Crippen LogP contribution in [0.1, 0.15) is 24.8 Å². The van der Waals surface area contributed by atoms with Gasteiger partial charge in [-0.1, -0.05) is 12.2 Å². The molecule has 114 valence electrons. The molecule has 1 aromatic carbocycles. The molecule has 2 atom stereocenters. The molecule has 0 amide bonds. The molecule has 2 aliphatic rings. The van der Waals surface area contributed by atoms with E-state index in [1.165, 1.54) is 6.07 Å². The highest BCUT2D eigenvalue weighted by Crippen LogP contribution is 2.35. The van der Waals surface area contributed by atoms with Gasteiger partial charge in [-0.15, -0.1) is 0 Å². The Morgan fingerprint density at radius 2 is 2.29 bits per heavy atom. The van der Waals surface area contributed by atoms with E-state index < -0.39 is 5.82 Å². The normalized spacial score (nSPS) is 28.7. The molecule has 2 fully saturated rings. The van der Waals surface area contributed by atoms with Gasteiger partial charge in [-0.05, 0) is 18.2 Å². The molecule has 0 radical (unpaired) electrons. The molecule has 0 aromatic heterocycles. The van der Waals surface area contributed by atoms with E-state index in [-0.39, 0.29) is 22.4 Å².